The minimum absolute atomic E-state index is 0.778. The van der Waals surface area contributed by atoms with Crippen molar-refractivity contribution in [3.63, 3.8) is 0 Å². The molecule has 1 N–H and O–H groups in total. The second-order valence-corrected chi connectivity index (χ2v) is 3.91. The minimum atomic E-state index is -0.850. The zero-order valence-electron chi connectivity index (χ0n) is 8.86. The lowest BCUT2D eigenvalue weighted by molar-refractivity contribution is -0.131. The molecule has 0 bridgehead atoms. The number of rotatable bonds is 3. The molecule has 1 aliphatic rings. The van der Waals surface area contributed by atoms with Crippen LogP contribution in [0.25, 0.3) is 0 Å². The van der Waals surface area contributed by atoms with Crippen molar-refractivity contribution in [3.05, 3.63) is 11.6 Å². The lowest BCUT2D eigenvalue weighted by Gasteiger charge is -2.32. The van der Waals surface area contributed by atoms with Crippen LogP contribution in [0.3, 0.4) is 0 Å². The topological polar surface area (TPSA) is 43.8 Å². The normalized spacial score (nSPS) is 21.1. The minimum Gasteiger partial charge on any atom is -0.478 e. The zero-order valence-corrected chi connectivity index (χ0v) is 8.86. The summed E-state index contributed by atoms with van der Waals surface area (Å²) in [6.45, 7) is 6.84. The fourth-order valence-electron chi connectivity index (χ4n) is 1.62. The first kappa shape index (κ1) is 11.2. The lowest BCUT2D eigenvalue weighted by atomic mass is 10.2. The van der Waals surface area contributed by atoms with Gasteiger partial charge in [0, 0.05) is 38.8 Å². The summed E-state index contributed by atoms with van der Waals surface area (Å²) < 4.78 is 0. The Morgan fingerprint density at radius 1 is 1.36 bits per heavy atom. The SMILES string of the molecule is C/C(=C\C(=O)O)CN1CCN(C)CC1. The van der Waals surface area contributed by atoms with Crippen LogP contribution in [0.4, 0.5) is 0 Å². The largest absolute Gasteiger partial charge is 0.478 e. The molecule has 0 atom stereocenters. The van der Waals surface area contributed by atoms with Gasteiger partial charge >= 0.3 is 5.97 Å². The van der Waals surface area contributed by atoms with Crippen LogP contribution in [0.5, 0.6) is 0 Å². The van der Waals surface area contributed by atoms with E-state index in [1.807, 2.05) is 6.92 Å². The summed E-state index contributed by atoms with van der Waals surface area (Å²) in [6, 6.07) is 0. The van der Waals surface area contributed by atoms with Gasteiger partial charge in [0.1, 0.15) is 0 Å². The zero-order chi connectivity index (χ0) is 10.6. The molecule has 1 saturated heterocycles. The molecule has 0 saturated carbocycles. The number of aliphatic carboxylic acids is 1. The van der Waals surface area contributed by atoms with Crippen LogP contribution in [0.2, 0.25) is 0 Å². The summed E-state index contributed by atoms with van der Waals surface area (Å²) in [6.07, 6.45) is 1.29. The van der Waals surface area contributed by atoms with E-state index in [-0.39, 0.29) is 0 Å². The highest BCUT2D eigenvalue weighted by molar-refractivity contribution is 5.80. The Bertz CT molecular complexity index is 230. The van der Waals surface area contributed by atoms with Crippen LogP contribution in [-0.2, 0) is 4.79 Å². The lowest BCUT2D eigenvalue weighted by Crippen LogP contribution is -2.44. The van der Waals surface area contributed by atoms with E-state index in [4.69, 9.17) is 5.11 Å². The second-order valence-electron chi connectivity index (χ2n) is 3.91. The molecule has 80 valence electrons. The average Bonchev–Trinajstić information content (AvgIpc) is 2.07. The molecule has 0 aromatic heterocycles. The molecule has 1 heterocycles. The van der Waals surface area contributed by atoms with E-state index in [9.17, 15) is 4.79 Å². The fourth-order valence-corrected chi connectivity index (χ4v) is 1.62. The van der Waals surface area contributed by atoms with Crippen LogP contribution in [0.15, 0.2) is 11.6 Å². The molecule has 1 fully saturated rings. The van der Waals surface area contributed by atoms with Gasteiger partial charge in [-0.25, -0.2) is 4.79 Å². The van der Waals surface area contributed by atoms with E-state index in [1.54, 1.807) is 0 Å². The summed E-state index contributed by atoms with van der Waals surface area (Å²) in [5.74, 6) is -0.850. The molecular weight excluding hydrogens is 180 g/mol. The molecule has 14 heavy (non-hydrogen) atoms. The van der Waals surface area contributed by atoms with Gasteiger partial charge in [-0.15, -0.1) is 0 Å². The van der Waals surface area contributed by atoms with E-state index < -0.39 is 5.97 Å². The molecule has 4 heteroatoms. The van der Waals surface area contributed by atoms with Gasteiger partial charge in [0.15, 0.2) is 0 Å². The Kier molecular flexibility index (Phi) is 4.10. The summed E-state index contributed by atoms with van der Waals surface area (Å²) in [5, 5.41) is 8.55. The Hall–Kier alpha value is -0.870. The Balaban J connectivity index is 2.34. The number of hydrogen-bond donors (Lipinski definition) is 1. The number of nitrogens with zero attached hydrogens (tertiary/aromatic N) is 2. The summed E-state index contributed by atoms with van der Waals surface area (Å²) in [4.78, 5) is 15.0. The van der Waals surface area contributed by atoms with Gasteiger partial charge in [-0.2, -0.15) is 0 Å². The van der Waals surface area contributed by atoms with E-state index >= 15 is 0 Å². The summed E-state index contributed by atoms with van der Waals surface area (Å²) in [7, 11) is 2.11. The number of hydrogen-bond acceptors (Lipinski definition) is 3. The van der Waals surface area contributed by atoms with E-state index in [0.717, 1.165) is 38.3 Å². The number of carboxylic acids is 1. The molecule has 4 nitrogen and oxygen atoms in total. The fraction of sp³-hybridized carbons (Fsp3) is 0.700. The summed E-state index contributed by atoms with van der Waals surface area (Å²) in [5.41, 5.74) is 0.919. The highest BCUT2D eigenvalue weighted by atomic mass is 16.4. The highest BCUT2D eigenvalue weighted by Crippen LogP contribution is 2.03. The van der Waals surface area contributed by atoms with Gasteiger partial charge < -0.3 is 10.0 Å². The molecule has 0 aromatic carbocycles. The van der Waals surface area contributed by atoms with Crippen LogP contribution in [0, 0.1) is 0 Å². The maximum Gasteiger partial charge on any atom is 0.328 e. The third kappa shape index (κ3) is 3.89. The third-order valence-electron chi connectivity index (χ3n) is 2.44. The van der Waals surface area contributed by atoms with Crippen molar-refractivity contribution in [1.82, 2.24) is 9.80 Å². The Labute approximate surface area is 84.8 Å². The van der Waals surface area contributed by atoms with Crippen molar-refractivity contribution in [2.45, 2.75) is 6.92 Å². The van der Waals surface area contributed by atoms with Gasteiger partial charge in [0.25, 0.3) is 0 Å². The molecule has 0 aliphatic carbocycles. The van der Waals surface area contributed by atoms with Crippen molar-refractivity contribution < 1.29 is 9.90 Å². The molecule has 0 spiro atoms. The second kappa shape index (κ2) is 5.12. The van der Waals surface area contributed by atoms with E-state index in [1.165, 1.54) is 6.08 Å². The highest BCUT2D eigenvalue weighted by Gasteiger charge is 2.13. The first-order valence-corrected chi connectivity index (χ1v) is 4.89. The summed E-state index contributed by atoms with van der Waals surface area (Å²) >= 11 is 0. The smallest absolute Gasteiger partial charge is 0.328 e. The van der Waals surface area contributed by atoms with Crippen LogP contribution < -0.4 is 0 Å². The van der Waals surface area contributed by atoms with Gasteiger partial charge in [0.2, 0.25) is 0 Å². The number of likely N-dealkylation sites (N-methyl/N-ethyl adjacent to an activating group) is 1. The average molecular weight is 198 g/mol. The quantitative estimate of drug-likeness (QED) is 0.661. The molecule has 0 aromatic rings. The van der Waals surface area contributed by atoms with E-state index in [2.05, 4.69) is 16.8 Å². The maximum atomic E-state index is 10.4. The molecule has 0 amide bonds. The third-order valence-corrected chi connectivity index (χ3v) is 2.44. The van der Waals surface area contributed by atoms with Gasteiger partial charge in [-0.1, -0.05) is 5.57 Å². The Morgan fingerprint density at radius 3 is 2.43 bits per heavy atom. The molecule has 0 radical (unpaired) electrons. The van der Waals surface area contributed by atoms with Crippen molar-refractivity contribution in [2.75, 3.05) is 39.8 Å². The monoisotopic (exact) mass is 198 g/mol. The number of piperazine rings is 1. The van der Waals surface area contributed by atoms with Crippen LogP contribution >= 0.6 is 0 Å². The molecule has 1 rings (SSSR count). The van der Waals surface area contributed by atoms with Crippen molar-refractivity contribution in [2.24, 2.45) is 0 Å². The number of carboxylic acid groups (broad SMARTS) is 1. The first-order valence-electron chi connectivity index (χ1n) is 4.89. The standard InChI is InChI=1S/C10H18N2O2/c1-9(7-10(13)14)8-12-5-3-11(2)4-6-12/h7H,3-6,8H2,1-2H3,(H,13,14)/b9-7+. The molecular formula is C10H18N2O2. The molecule has 0 unspecified atom stereocenters. The van der Waals surface area contributed by atoms with Crippen molar-refractivity contribution in [1.29, 1.82) is 0 Å². The van der Waals surface area contributed by atoms with Crippen molar-refractivity contribution in [3.8, 4) is 0 Å². The maximum absolute atomic E-state index is 10.4. The predicted molar refractivity (Wildman–Crippen MR) is 55.3 cm³/mol. The van der Waals surface area contributed by atoms with Crippen LogP contribution in [-0.4, -0.2) is 60.6 Å². The van der Waals surface area contributed by atoms with Crippen molar-refractivity contribution >= 4 is 5.97 Å². The van der Waals surface area contributed by atoms with Crippen LogP contribution in [0.1, 0.15) is 6.92 Å². The van der Waals surface area contributed by atoms with E-state index in [0.29, 0.717) is 0 Å². The first-order chi connectivity index (χ1) is 6.58. The number of carbonyl (C=O) groups is 1. The van der Waals surface area contributed by atoms with Gasteiger partial charge in [-0.05, 0) is 14.0 Å². The molecule has 1 aliphatic heterocycles. The van der Waals surface area contributed by atoms with Gasteiger partial charge in [0.05, 0.1) is 0 Å². The Morgan fingerprint density at radius 2 is 1.93 bits per heavy atom. The predicted octanol–water partition coefficient (Wildman–Crippen LogP) is 0.265. The van der Waals surface area contributed by atoms with Gasteiger partial charge in [-0.3, -0.25) is 4.90 Å².